The molecule has 0 bridgehead atoms. The fourth-order valence-electron chi connectivity index (χ4n) is 1.58. The fraction of sp³-hybridized carbons (Fsp3) is 0.400. The topological polar surface area (TPSA) is 88.8 Å². The first-order valence-corrected chi connectivity index (χ1v) is 10.0. The number of aryl methyl sites for hydroxylation is 1. The van der Waals surface area contributed by atoms with Gasteiger partial charge in [-0.15, -0.1) is 0 Å². The Balaban J connectivity index is -0.00000108. The van der Waals surface area contributed by atoms with Crippen molar-refractivity contribution in [1.82, 2.24) is 5.32 Å². The Kier molecular flexibility index (Phi) is 15.1. The van der Waals surface area contributed by atoms with Gasteiger partial charge >= 0.3 is 0 Å². The van der Waals surface area contributed by atoms with Crippen LogP contribution in [0.2, 0.25) is 0 Å². The maximum Gasteiger partial charge on any atom is 0.165 e. The van der Waals surface area contributed by atoms with Gasteiger partial charge in [0.2, 0.25) is 0 Å². The summed E-state index contributed by atoms with van der Waals surface area (Å²) in [6.07, 6.45) is 5.42. The molecule has 148 valence electrons. The number of hydrogen-bond donors (Lipinski definition) is 3. The average Bonchev–Trinajstić information content (AvgIpc) is 2.66. The number of amidine groups is 1. The predicted molar refractivity (Wildman–Crippen MR) is 126 cm³/mol. The molecule has 0 fully saturated rings. The van der Waals surface area contributed by atoms with Crippen molar-refractivity contribution in [3.8, 4) is 0 Å². The van der Waals surface area contributed by atoms with Crippen LogP contribution in [0, 0.1) is 6.92 Å². The van der Waals surface area contributed by atoms with Crippen LogP contribution >= 0.6 is 11.8 Å². The molecule has 1 rings (SSSR count). The largest absolute Gasteiger partial charge is 0.397 e. The highest BCUT2D eigenvalue weighted by atomic mass is 32.2. The summed E-state index contributed by atoms with van der Waals surface area (Å²) in [7, 11) is 0. The molecule has 26 heavy (non-hydrogen) atoms. The molecule has 5 nitrogen and oxygen atoms in total. The van der Waals surface area contributed by atoms with E-state index in [0.29, 0.717) is 11.4 Å². The number of nitrogens with zero attached hydrogens (tertiary/aromatic N) is 2. The van der Waals surface area contributed by atoms with Gasteiger partial charge in [-0.25, -0.2) is 4.99 Å². The molecule has 0 aliphatic heterocycles. The van der Waals surface area contributed by atoms with Gasteiger partial charge in [0, 0.05) is 19.5 Å². The minimum Gasteiger partial charge on any atom is -0.397 e. The van der Waals surface area contributed by atoms with E-state index in [0.717, 1.165) is 27.7 Å². The molecule has 5 N–H and O–H groups in total. The molecular formula is C20H37N5S. The van der Waals surface area contributed by atoms with Crippen molar-refractivity contribution in [2.75, 3.05) is 17.7 Å². The van der Waals surface area contributed by atoms with E-state index in [-0.39, 0.29) is 1.43 Å². The monoisotopic (exact) mass is 379 g/mol. The average molecular weight is 380 g/mol. The first-order valence-electron chi connectivity index (χ1n) is 8.78. The predicted octanol–water partition coefficient (Wildman–Crippen LogP) is 5.91. The Bertz CT molecular complexity index is 652. The van der Waals surface area contributed by atoms with Crippen LogP contribution in [0.3, 0.4) is 0 Å². The van der Waals surface area contributed by atoms with Gasteiger partial charge in [-0.2, -0.15) is 0 Å². The van der Waals surface area contributed by atoms with Crippen molar-refractivity contribution in [2.24, 2.45) is 9.98 Å². The highest BCUT2D eigenvalue weighted by molar-refractivity contribution is 8.13. The van der Waals surface area contributed by atoms with Gasteiger partial charge in [0.05, 0.1) is 17.1 Å². The van der Waals surface area contributed by atoms with E-state index in [1.807, 2.05) is 60.8 Å². The second kappa shape index (κ2) is 15.1. The van der Waals surface area contributed by atoms with E-state index < -0.39 is 0 Å². The van der Waals surface area contributed by atoms with Crippen LogP contribution in [0.1, 0.15) is 48.5 Å². The third kappa shape index (κ3) is 9.32. The second-order valence-corrected chi connectivity index (χ2v) is 5.51. The third-order valence-corrected chi connectivity index (χ3v) is 3.55. The Morgan fingerprint density at radius 2 is 1.73 bits per heavy atom. The Labute approximate surface area is 165 Å². The smallest absolute Gasteiger partial charge is 0.165 e. The molecule has 0 saturated heterocycles. The maximum absolute atomic E-state index is 5.85. The summed E-state index contributed by atoms with van der Waals surface area (Å²) < 4.78 is 0. The number of thioether (sulfide) groups is 1. The lowest BCUT2D eigenvalue weighted by Crippen LogP contribution is -2.19. The van der Waals surface area contributed by atoms with E-state index in [4.69, 9.17) is 11.5 Å². The molecule has 0 amide bonds. The lowest BCUT2D eigenvalue weighted by atomic mass is 10.1. The van der Waals surface area contributed by atoms with Gasteiger partial charge in [0.15, 0.2) is 5.17 Å². The molecule has 0 heterocycles. The standard InChI is InChI=1S/C16H23N5S.2C2H6.H2/c1-6-19-9-11(3)12(4)20-16(22-5)21-15-8-14(18)13(17)7-10(15)2;2*1-2;/h6-9H,4,17-18H2,1-3,5H3,(H,20,21);2*1-2H3;1H/b11-9+,19-6?;;;. The number of rotatable bonds is 4. The Hall–Kier alpha value is -2.21. The molecule has 0 aliphatic rings. The van der Waals surface area contributed by atoms with E-state index in [9.17, 15) is 0 Å². The zero-order valence-corrected chi connectivity index (χ0v) is 18.3. The number of hydrogen-bond acceptors (Lipinski definition) is 5. The van der Waals surface area contributed by atoms with Gasteiger partial charge in [-0.1, -0.05) is 46.0 Å². The van der Waals surface area contributed by atoms with Crippen molar-refractivity contribution in [1.29, 1.82) is 0 Å². The van der Waals surface area contributed by atoms with Crippen molar-refractivity contribution < 1.29 is 1.43 Å². The molecule has 0 unspecified atom stereocenters. The lowest BCUT2D eigenvalue weighted by Gasteiger charge is -2.12. The summed E-state index contributed by atoms with van der Waals surface area (Å²) in [5, 5.41) is 3.92. The van der Waals surface area contributed by atoms with Gasteiger partial charge in [0.1, 0.15) is 0 Å². The van der Waals surface area contributed by atoms with E-state index in [1.54, 1.807) is 18.5 Å². The van der Waals surface area contributed by atoms with Crippen molar-refractivity contribution in [2.45, 2.75) is 48.5 Å². The fourth-order valence-corrected chi connectivity index (χ4v) is 2.00. The van der Waals surface area contributed by atoms with Gasteiger partial charge in [0.25, 0.3) is 0 Å². The van der Waals surface area contributed by atoms with Gasteiger partial charge < -0.3 is 16.8 Å². The Morgan fingerprint density at radius 3 is 2.23 bits per heavy atom. The molecule has 0 aliphatic carbocycles. The van der Waals surface area contributed by atoms with Crippen LogP contribution < -0.4 is 16.8 Å². The van der Waals surface area contributed by atoms with Crippen LogP contribution in [0.15, 0.2) is 46.2 Å². The van der Waals surface area contributed by atoms with Gasteiger partial charge in [-0.05, 0) is 50.3 Å². The highest BCUT2D eigenvalue weighted by Gasteiger charge is 2.06. The summed E-state index contributed by atoms with van der Waals surface area (Å²) in [6, 6.07) is 3.59. The van der Waals surface area contributed by atoms with Crippen molar-refractivity contribution >= 4 is 40.2 Å². The number of anilines is 2. The number of nitrogen functional groups attached to an aromatic ring is 2. The molecular weight excluding hydrogens is 342 g/mol. The second-order valence-electron chi connectivity index (χ2n) is 4.71. The molecule has 0 radical (unpaired) electrons. The Morgan fingerprint density at radius 1 is 1.19 bits per heavy atom. The highest BCUT2D eigenvalue weighted by Crippen LogP contribution is 2.27. The van der Waals surface area contributed by atoms with Crippen LogP contribution in [0.5, 0.6) is 0 Å². The molecule has 1 aromatic carbocycles. The maximum atomic E-state index is 5.85. The number of benzene rings is 1. The molecule has 0 saturated carbocycles. The molecule has 1 aromatic rings. The first kappa shape index (κ1) is 26.0. The summed E-state index contributed by atoms with van der Waals surface area (Å²) >= 11 is 1.49. The van der Waals surface area contributed by atoms with Crippen LogP contribution in [0.4, 0.5) is 17.1 Å². The normalized spacial score (nSPS) is 11.2. The SMILES string of the molecule is C=C(NC(=Nc1cc(N)c(N)cc1C)SC)/C(C)=C/N=CC.CC.CC.[HH]. The molecule has 0 aromatic heterocycles. The molecule has 0 atom stereocenters. The van der Waals surface area contributed by atoms with Crippen molar-refractivity contribution in [3.63, 3.8) is 0 Å². The summed E-state index contributed by atoms with van der Waals surface area (Å²) in [6.45, 7) is 17.7. The minimum atomic E-state index is 0. The van der Waals surface area contributed by atoms with E-state index in [2.05, 4.69) is 21.9 Å². The number of nitrogens with two attached hydrogens (primary N) is 2. The van der Waals surface area contributed by atoms with Crippen molar-refractivity contribution in [3.05, 3.63) is 41.7 Å². The van der Waals surface area contributed by atoms with Crippen LogP contribution in [-0.2, 0) is 0 Å². The molecule has 0 spiro atoms. The zero-order valence-electron chi connectivity index (χ0n) is 17.5. The van der Waals surface area contributed by atoms with Gasteiger partial charge in [-0.3, -0.25) is 4.99 Å². The zero-order chi connectivity index (χ0) is 20.7. The van der Waals surface area contributed by atoms with Crippen LogP contribution in [-0.4, -0.2) is 17.6 Å². The number of nitrogens with one attached hydrogen (secondary N) is 1. The third-order valence-electron chi connectivity index (χ3n) is 2.97. The lowest BCUT2D eigenvalue weighted by molar-refractivity contribution is 1.14. The first-order chi connectivity index (χ1) is 12.4. The summed E-state index contributed by atoms with van der Waals surface area (Å²) in [5.41, 5.74) is 16.2. The summed E-state index contributed by atoms with van der Waals surface area (Å²) in [5.74, 6) is 0. The minimum absolute atomic E-state index is 0. The number of allylic oxidation sites excluding steroid dienone is 1. The van der Waals surface area contributed by atoms with E-state index >= 15 is 0 Å². The quantitative estimate of drug-likeness (QED) is 0.263. The van der Waals surface area contributed by atoms with Crippen LogP contribution in [0.25, 0.3) is 0 Å². The number of aliphatic imine (C=N–C) groups is 2. The van der Waals surface area contributed by atoms with E-state index in [1.165, 1.54) is 11.8 Å². The molecule has 6 heteroatoms. The summed E-state index contributed by atoms with van der Waals surface area (Å²) in [4.78, 5) is 8.67.